The molecule has 0 saturated heterocycles. The van der Waals surface area contributed by atoms with Crippen molar-refractivity contribution >= 4 is 57.5 Å². The number of hydrogen-bond donors (Lipinski definition) is 2. The number of carbonyl (C=O) groups excluding carboxylic acids is 1. The summed E-state index contributed by atoms with van der Waals surface area (Å²) in [6, 6.07) is 10.2. The number of hydrogen-bond acceptors (Lipinski definition) is 7. The van der Waals surface area contributed by atoms with Crippen LogP contribution in [0.25, 0.3) is 22.2 Å². The van der Waals surface area contributed by atoms with Crippen molar-refractivity contribution in [3.8, 4) is 22.6 Å². The van der Waals surface area contributed by atoms with Crippen LogP contribution >= 0.6 is 23.2 Å². The largest absolute Gasteiger partial charge is 0.495 e. The number of rotatable bonds is 7. The van der Waals surface area contributed by atoms with Crippen LogP contribution in [0.1, 0.15) is 0 Å². The van der Waals surface area contributed by atoms with Crippen LogP contribution in [0.3, 0.4) is 0 Å². The second kappa shape index (κ2) is 10.3. The van der Waals surface area contributed by atoms with Crippen LogP contribution in [0.5, 0.6) is 11.5 Å². The summed E-state index contributed by atoms with van der Waals surface area (Å²) < 4.78 is 12.0. The van der Waals surface area contributed by atoms with E-state index in [2.05, 4.69) is 27.2 Å². The fourth-order valence-corrected chi connectivity index (χ4v) is 4.32. The molecule has 0 aliphatic rings. The number of para-hydroxylation sites is 2. The number of pyridine rings is 1. The predicted molar refractivity (Wildman–Crippen MR) is 142 cm³/mol. The molecule has 184 valence electrons. The number of carbonyl (C=O) groups is 1. The van der Waals surface area contributed by atoms with Gasteiger partial charge < -0.3 is 20.1 Å². The number of aryl methyl sites for hydroxylation is 1. The highest BCUT2D eigenvalue weighted by molar-refractivity contribution is 6.41. The van der Waals surface area contributed by atoms with E-state index >= 15 is 0 Å². The number of fused-ring (bicyclic) bond motifs is 1. The lowest BCUT2D eigenvalue weighted by atomic mass is 10.0. The molecule has 0 bridgehead atoms. The molecule has 2 aromatic heterocycles. The maximum absolute atomic E-state index is 13.4. The van der Waals surface area contributed by atoms with Gasteiger partial charge in [0.15, 0.2) is 0 Å². The van der Waals surface area contributed by atoms with Crippen LogP contribution < -0.4 is 25.7 Å². The average molecular weight is 526 g/mol. The molecule has 0 radical (unpaired) electrons. The fourth-order valence-electron chi connectivity index (χ4n) is 3.61. The fraction of sp³-hybridized carbons (Fsp3) is 0.120. The SMILES string of the molecule is C=CC(=O)Nc1ccccc1Nc1ncc2cc(-c3c(Cl)c(OC)cc(OC)c3Cl)c(=O)n(C)c2n1. The van der Waals surface area contributed by atoms with Gasteiger partial charge in [-0.05, 0) is 24.3 Å². The van der Waals surface area contributed by atoms with Crippen molar-refractivity contribution in [1.29, 1.82) is 0 Å². The van der Waals surface area contributed by atoms with Crippen LogP contribution in [0.2, 0.25) is 10.0 Å². The molecule has 4 rings (SSSR count). The molecule has 1 amide bonds. The third-order valence-corrected chi connectivity index (χ3v) is 6.16. The van der Waals surface area contributed by atoms with Gasteiger partial charge in [0, 0.05) is 30.3 Å². The minimum atomic E-state index is -0.384. The highest BCUT2D eigenvalue weighted by Crippen LogP contribution is 2.45. The first-order valence-electron chi connectivity index (χ1n) is 10.6. The Morgan fingerprint density at radius 2 is 1.72 bits per heavy atom. The molecule has 0 unspecified atom stereocenters. The summed E-state index contributed by atoms with van der Waals surface area (Å²) in [7, 11) is 4.50. The van der Waals surface area contributed by atoms with E-state index in [0.717, 1.165) is 0 Å². The predicted octanol–water partition coefficient (Wildman–Crippen LogP) is 5.19. The van der Waals surface area contributed by atoms with E-state index in [1.54, 1.807) is 49.6 Å². The molecular formula is C25H21Cl2N5O4. The van der Waals surface area contributed by atoms with Crippen LogP contribution in [-0.4, -0.2) is 34.7 Å². The van der Waals surface area contributed by atoms with Gasteiger partial charge in [0.25, 0.3) is 5.56 Å². The second-order valence-electron chi connectivity index (χ2n) is 7.54. The van der Waals surface area contributed by atoms with Crippen molar-refractivity contribution in [2.24, 2.45) is 7.05 Å². The monoisotopic (exact) mass is 525 g/mol. The van der Waals surface area contributed by atoms with Crippen molar-refractivity contribution in [3.63, 3.8) is 0 Å². The summed E-state index contributed by atoms with van der Waals surface area (Å²) in [5, 5.41) is 6.72. The Morgan fingerprint density at radius 1 is 1.08 bits per heavy atom. The summed E-state index contributed by atoms with van der Waals surface area (Å²) >= 11 is 13.1. The summed E-state index contributed by atoms with van der Waals surface area (Å²) in [4.78, 5) is 34.0. The minimum Gasteiger partial charge on any atom is -0.495 e. The first-order chi connectivity index (χ1) is 17.3. The molecule has 0 saturated carbocycles. The lowest BCUT2D eigenvalue weighted by Gasteiger charge is -2.16. The number of methoxy groups -OCH3 is 2. The van der Waals surface area contributed by atoms with Gasteiger partial charge in [-0.3, -0.25) is 14.2 Å². The minimum absolute atomic E-state index is 0.178. The van der Waals surface area contributed by atoms with E-state index in [-0.39, 0.29) is 38.6 Å². The Kier molecular flexibility index (Phi) is 7.14. The van der Waals surface area contributed by atoms with Crippen molar-refractivity contribution in [3.05, 3.63) is 75.6 Å². The number of halogens is 2. The summed E-state index contributed by atoms with van der Waals surface area (Å²) in [5.41, 5.74) is 1.59. The van der Waals surface area contributed by atoms with Gasteiger partial charge in [-0.2, -0.15) is 4.98 Å². The summed E-state index contributed by atoms with van der Waals surface area (Å²) in [6.45, 7) is 3.46. The topological polar surface area (TPSA) is 107 Å². The summed E-state index contributed by atoms with van der Waals surface area (Å²) in [6.07, 6.45) is 2.74. The van der Waals surface area contributed by atoms with Gasteiger partial charge in [0.2, 0.25) is 11.9 Å². The van der Waals surface area contributed by atoms with E-state index in [0.29, 0.717) is 33.9 Å². The molecule has 2 heterocycles. The maximum Gasteiger partial charge on any atom is 0.259 e. The number of amides is 1. The maximum atomic E-state index is 13.4. The third kappa shape index (κ3) is 4.58. The Morgan fingerprint density at radius 3 is 2.33 bits per heavy atom. The number of anilines is 3. The molecule has 2 aromatic carbocycles. The number of nitrogens with one attached hydrogen (secondary N) is 2. The van der Waals surface area contributed by atoms with Gasteiger partial charge in [0.05, 0.1) is 41.2 Å². The van der Waals surface area contributed by atoms with E-state index in [9.17, 15) is 9.59 Å². The van der Waals surface area contributed by atoms with Crippen molar-refractivity contribution in [2.75, 3.05) is 24.9 Å². The van der Waals surface area contributed by atoms with Gasteiger partial charge in [-0.25, -0.2) is 4.98 Å². The molecule has 0 spiro atoms. The van der Waals surface area contributed by atoms with Gasteiger partial charge in [-0.15, -0.1) is 0 Å². The molecule has 9 nitrogen and oxygen atoms in total. The Balaban J connectivity index is 1.82. The number of benzene rings is 2. The molecular weight excluding hydrogens is 505 g/mol. The van der Waals surface area contributed by atoms with Gasteiger partial charge in [0.1, 0.15) is 17.1 Å². The Bertz CT molecular complexity index is 1540. The molecule has 36 heavy (non-hydrogen) atoms. The Hall–Kier alpha value is -4.08. The zero-order chi connectivity index (χ0) is 26.0. The molecule has 4 aromatic rings. The highest BCUT2D eigenvalue weighted by atomic mass is 35.5. The van der Waals surface area contributed by atoms with E-state index in [1.165, 1.54) is 24.9 Å². The van der Waals surface area contributed by atoms with Crippen LogP contribution in [0.4, 0.5) is 17.3 Å². The molecule has 0 aliphatic carbocycles. The highest BCUT2D eigenvalue weighted by Gasteiger charge is 2.22. The van der Waals surface area contributed by atoms with Gasteiger partial charge >= 0.3 is 0 Å². The zero-order valence-corrected chi connectivity index (χ0v) is 21.1. The lowest BCUT2D eigenvalue weighted by Crippen LogP contribution is -2.20. The summed E-state index contributed by atoms with van der Waals surface area (Å²) in [5.74, 6) is 0.496. The van der Waals surface area contributed by atoms with Crippen LogP contribution in [-0.2, 0) is 11.8 Å². The molecule has 2 N–H and O–H groups in total. The van der Waals surface area contributed by atoms with Crippen LogP contribution in [0.15, 0.2) is 60.0 Å². The molecule has 0 aliphatic heterocycles. The first kappa shape index (κ1) is 25.0. The zero-order valence-electron chi connectivity index (χ0n) is 19.6. The average Bonchev–Trinajstić information content (AvgIpc) is 2.88. The van der Waals surface area contributed by atoms with Crippen molar-refractivity contribution in [2.45, 2.75) is 0 Å². The van der Waals surface area contributed by atoms with Crippen LogP contribution in [0, 0.1) is 0 Å². The second-order valence-corrected chi connectivity index (χ2v) is 8.30. The number of aromatic nitrogens is 3. The number of ether oxygens (including phenoxy) is 2. The normalized spacial score (nSPS) is 10.7. The van der Waals surface area contributed by atoms with E-state index < -0.39 is 0 Å². The Labute approximate surface area is 216 Å². The first-order valence-corrected chi connectivity index (χ1v) is 11.3. The molecule has 11 heteroatoms. The van der Waals surface area contributed by atoms with Gasteiger partial charge in [-0.1, -0.05) is 41.9 Å². The smallest absolute Gasteiger partial charge is 0.259 e. The van der Waals surface area contributed by atoms with Crippen molar-refractivity contribution in [1.82, 2.24) is 14.5 Å². The standard InChI is InChI=1S/C25H21Cl2N5O4/c1-5-19(33)29-15-8-6-7-9-16(15)30-25-28-12-13-10-14(24(34)32(2)23(13)31-25)20-21(26)17(35-3)11-18(36-4)22(20)27/h5-12H,1H2,2-4H3,(H,29,33)(H,28,30,31). The third-order valence-electron chi connectivity index (χ3n) is 5.41. The lowest BCUT2D eigenvalue weighted by molar-refractivity contribution is -0.111. The quantitative estimate of drug-likeness (QED) is 0.319. The van der Waals surface area contributed by atoms with Crippen molar-refractivity contribution < 1.29 is 14.3 Å². The van der Waals surface area contributed by atoms with E-state index in [4.69, 9.17) is 32.7 Å². The molecule has 0 atom stereocenters. The molecule has 0 fully saturated rings. The number of nitrogens with zero attached hydrogens (tertiary/aromatic N) is 3. The van der Waals surface area contributed by atoms with E-state index in [1.807, 2.05) is 0 Å².